The molecule has 1 aromatic heterocycles. The van der Waals surface area contributed by atoms with Crippen molar-refractivity contribution in [3.05, 3.63) is 17.5 Å². The van der Waals surface area contributed by atoms with Crippen molar-refractivity contribution >= 4 is 33.4 Å². The molecule has 0 aromatic carbocycles. The number of likely N-dealkylation sites (tertiary alicyclic amines) is 1. The summed E-state index contributed by atoms with van der Waals surface area (Å²) in [5, 5.41) is 4.59. The maximum Gasteiger partial charge on any atom is 0.328 e. The summed E-state index contributed by atoms with van der Waals surface area (Å²) in [6.45, 7) is 6.11. The van der Waals surface area contributed by atoms with Crippen LogP contribution < -0.4 is 5.32 Å². The van der Waals surface area contributed by atoms with Gasteiger partial charge in [-0.1, -0.05) is 19.9 Å². The van der Waals surface area contributed by atoms with Gasteiger partial charge >= 0.3 is 12.0 Å². The van der Waals surface area contributed by atoms with Crippen molar-refractivity contribution < 1.29 is 22.7 Å². The highest BCUT2D eigenvalue weighted by Gasteiger charge is 2.44. The zero-order chi connectivity index (χ0) is 21.9. The molecule has 30 heavy (non-hydrogen) atoms. The Balaban J connectivity index is 1.57. The van der Waals surface area contributed by atoms with E-state index in [4.69, 9.17) is 4.74 Å². The maximum absolute atomic E-state index is 12.8. The van der Waals surface area contributed by atoms with Gasteiger partial charge in [0.25, 0.3) is 10.0 Å². The molecular weight excluding hydrogens is 426 g/mol. The number of esters is 1. The number of nitrogens with zero attached hydrogens (tertiary/aromatic N) is 2. The van der Waals surface area contributed by atoms with Gasteiger partial charge in [-0.25, -0.2) is 18.0 Å². The van der Waals surface area contributed by atoms with E-state index < -0.39 is 22.0 Å². The van der Waals surface area contributed by atoms with E-state index in [0.29, 0.717) is 36.8 Å². The van der Waals surface area contributed by atoms with Crippen LogP contribution in [0.4, 0.5) is 4.79 Å². The van der Waals surface area contributed by atoms with Gasteiger partial charge in [-0.15, -0.1) is 11.3 Å². The van der Waals surface area contributed by atoms with Gasteiger partial charge in [0.15, 0.2) is 0 Å². The average Bonchev–Trinajstić information content (AvgIpc) is 3.38. The highest BCUT2D eigenvalue weighted by Crippen LogP contribution is 2.41. The van der Waals surface area contributed by atoms with Crippen molar-refractivity contribution in [1.82, 2.24) is 14.5 Å². The number of methoxy groups -OCH3 is 1. The zero-order valence-corrected chi connectivity index (χ0v) is 19.4. The molecule has 2 fully saturated rings. The summed E-state index contributed by atoms with van der Waals surface area (Å²) in [4.78, 5) is 26.5. The largest absolute Gasteiger partial charge is 0.467 e. The first-order chi connectivity index (χ1) is 14.2. The van der Waals surface area contributed by atoms with E-state index in [-0.39, 0.29) is 17.4 Å². The lowest BCUT2D eigenvalue weighted by Crippen LogP contribution is -2.49. The molecule has 1 spiro atoms. The molecule has 3 heterocycles. The normalized spacial score (nSPS) is 20.5. The lowest BCUT2D eigenvalue weighted by molar-refractivity contribution is -0.143. The fourth-order valence-electron chi connectivity index (χ4n) is 4.32. The maximum atomic E-state index is 12.8. The fourth-order valence-corrected chi connectivity index (χ4v) is 6.91. The monoisotopic (exact) mass is 457 g/mol. The number of hydrogen-bond donors (Lipinski definition) is 1. The third-order valence-electron chi connectivity index (χ3n) is 6.09. The molecule has 1 aromatic rings. The van der Waals surface area contributed by atoms with Crippen LogP contribution in [0.5, 0.6) is 0 Å². The van der Waals surface area contributed by atoms with Crippen LogP contribution in [-0.4, -0.2) is 69.0 Å². The number of piperidine rings is 1. The SMILES string of the molecule is COC(=O)C(CC(C)C)NC(=O)N1CCC2(CCN(S(=O)(=O)c3cccs3)CC2)C1. The summed E-state index contributed by atoms with van der Waals surface area (Å²) in [6, 6.07) is 2.48. The molecule has 2 saturated heterocycles. The van der Waals surface area contributed by atoms with Crippen LogP contribution in [0.3, 0.4) is 0 Å². The second-order valence-corrected chi connectivity index (χ2v) is 11.8. The van der Waals surface area contributed by atoms with E-state index in [1.54, 1.807) is 26.7 Å². The van der Waals surface area contributed by atoms with E-state index in [1.165, 1.54) is 18.4 Å². The smallest absolute Gasteiger partial charge is 0.328 e. The minimum Gasteiger partial charge on any atom is -0.467 e. The Bertz CT molecular complexity index is 846. The summed E-state index contributed by atoms with van der Waals surface area (Å²) < 4.78 is 32.3. The number of nitrogens with one attached hydrogen (secondary N) is 1. The first kappa shape index (κ1) is 23.0. The van der Waals surface area contributed by atoms with Crippen LogP contribution in [-0.2, 0) is 19.6 Å². The topological polar surface area (TPSA) is 96.0 Å². The molecule has 0 bridgehead atoms. The molecule has 2 aliphatic heterocycles. The molecule has 0 radical (unpaired) electrons. The van der Waals surface area contributed by atoms with Gasteiger partial charge in [-0.05, 0) is 48.5 Å². The second kappa shape index (κ2) is 9.23. The molecule has 1 atom stereocenters. The number of urea groups is 1. The molecule has 1 unspecified atom stereocenters. The Hall–Kier alpha value is -1.65. The van der Waals surface area contributed by atoms with Crippen molar-refractivity contribution in [3.63, 3.8) is 0 Å². The Morgan fingerprint density at radius 2 is 1.90 bits per heavy atom. The van der Waals surface area contributed by atoms with E-state index in [0.717, 1.165) is 19.3 Å². The highest BCUT2D eigenvalue weighted by atomic mass is 32.2. The first-order valence-electron chi connectivity index (χ1n) is 10.3. The van der Waals surface area contributed by atoms with E-state index in [2.05, 4.69) is 5.32 Å². The zero-order valence-electron chi connectivity index (χ0n) is 17.8. The highest BCUT2D eigenvalue weighted by molar-refractivity contribution is 7.91. The minimum atomic E-state index is -3.43. The van der Waals surface area contributed by atoms with Crippen molar-refractivity contribution in [3.8, 4) is 0 Å². The molecule has 1 N–H and O–H groups in total. The van der Waals surface area contributed by atoms with E-state index in [9.17, 15) is 18.0 Å². The van der Waals surface area contributed by atoms with Gasteiger partial charge in [0, 0.05) is 26.2 Å². The third-order valence-corrected chi connectivity index (χ3v) is 9.36. The molecule has 3 rings (SSSR count). The van der Waals surface area contributed by atoms with Crippen molar-refractivity contribution in [2.75, 3.05) is 33.3 Å². The third kappa shape index (κ3) is 4.97. The minimum absolute atomic E-state index is 0.0579. The van der Waals surface area contributed by atoms with Gasteiger partial charge in [0.2, 0.25) is 0 Å². The number of ether oxygens (including phenoxy) is 1. The average molecular weight is 458 g/mol. The number of carbonyl (C=O) groups excluding carboxylic acids is 2. The fraction of sp³-hybridized carbons (Fsp3) is 0.700. The Labute approximate surface area is 182 Å². The number of rotatable bonds is 6. The van der Waals surface area contributed by atoms with E-state index >= 15 is 0 Å². The van der Waals surface area contributed by atoms with Crippen molar-refractivity contribution in [2.45, 2.75) is 49.8 Å². The Kier molecular flexibility index (Phi) is 7.09. The van der Waals surface area contributed by atoms with Crippen LogP contribution in [0.1, 0.15) is 39.5 Å². The lowest BCUT2D eigenvalue weighted by atomic mass is 9.78. The van der Waals surface area contributed by atoms with Crippen molar-refractivity contribution in [1.29, 1.82) is 0 Å². The summed E-state index contributed by atoms with van der Waals surface area (Å²) >= 11 is 1.24. The molecular formula is C20H31N3O5S2. The molecule has 0 saturated carbocycles. The number of thiophene rings is 1. The van der Waals surface area contributed by atoms with Crippen LogP contribution >= 0.6 is 11.3 Å². The van der Waals surface area contributed by atoms with Gasteiger partial charge in [0.1, 0.15) is 10.3 Å². The van der Waals surface area contributed by atoms with Gasteiger partial charge < -0.3 is 15.0 Å². The van der Waals surface area contributed by atoms with Crippen LogP contribution in [0.15, 0.2) is 21.7 Å². The molecule has 10 heteroatoms. The second-order valence-electron chi connectivity index (χ2n) is 8.66. The first-order valence-corrected chi connectivity index (χ1v) is 12.7. The lowest BCUT2D eigenvalue weighted by Gasteiger charge is -2.38. The van der Waals surface area contributed by atoms with Crippen LogP contribution in [0.2, 0.25) is 0 Å². The molecule has 2 amide bonds. The van der Waals surface area contributed by atoms with Crippen LogP contribution in [0.25, 0.3) is 0 Å². The summed E-state index contributed by atoms with van der Waals surface area (Å²) in [6.07, 6.45) is 2.83. The molecule has 168 valence electrons. The molecule has 0 aliphatic carbocycles. The van der Waals surface area contributed by atoms with E-state index in [1.807, 2.05) is 13.8 Å². The Morgan fingerprint density at radius 1 is 1.23 bits per heavy atom. The number of hydrogen-bond acceptors (Lipinski definition) is 6. The van der Waals surface area contributed by atoms with Crippen molar-refractivity contribution in [2.24, 2.45) is 11.3 Å². The van der Waals surface area contributed by atoms with Gasteiger partial charge in [-0.3, -0.25) is 0 Å². The molecule has 8 nitrogen and oxygen atoms in total. The number of amides is 2. The Morgan fingerprint density at radius 3 is 2.47 bits per heavy atom. The predicted molar refractivity (Wildman–Crippen MR) is 115 cm³/mol. The van der Waals surface area contributed by atoms with Gasteiger partial charge in [0.05, 0.1) is 7.11 Å². The number of carbonyl (C=O) groups is 2. The summed E-state index contributed by atoms with van der Waals surface area (Å²) in [7, 11) is -2.10. The number of sulfonamides is 1. The van der Waals surface area contributed by atoms with Crippen LogP contribution in [0, 0.1) is 11.3 Å². The summed E-state index contributed by atoms with van der Waals surface area (Å²) in [5.41, 5.74) is -0.0579. The summed E-state index contributed by atoms with van der Waals surface area (Å²) in [5.74, 6) is -0.188. The van der Waals surface area contributed by atoms with Gasteiger partial charge in [-0.2, -0.15) is 4.31 Å². The molecule has 2 aliphatic rings. The standard InChI is InChI=1S/C20H31N3O5S2/c1-15(2)13-16(18(24)28-3)21-19(25)22-9-6-20(14-22)7-10-23(11-8-20)30(26,27)17-5-4-12-29-17/h4-5,12,15-16H,6-11,13-14H2,1-3H3,(H,21,25). The quantitative estimate of drug-likeness (QED) is 0.662. The predicted octanol–water partition coefficient (Wildman–Crippen LogP) is 2.52.